The van der Waals surface area contributed by atoms with Crippen LogP contribution in [0.15, 0.2) is 36.4 Å². The van der Waals surface area contributed by atoms with E-state index in [1.807, 2.05) is 19.1 Å². The molecule has 1 heterocycles. The van der Waals surface area contributed by atoms with Crippen LogP contribution < -0.4 is 10.5 Å². The van der Waals surface area contributed by atoms with Gasteiger partial charge in [-0.05, 0) is 36.2 Å². The SMILES string of the molecule is Cc1cc(O)cc(O[C@@H]2S[C@H](CO)[C@@H](O)[C@H](O)[C@H]2O)c1Cc1ccc(N)cc1. The van der Waals surface area contributed by atoms with Gasteiger partial charge in [0.15, 0.2) is 5.44 Å². The van der Waals surface area contributed by atoms with E-state index in [4.69, 9.17) is 10.5 Å². The number of thioether (sulfide) groups is 1. The van der Waals surface area contributed by atoms with Crippen LogP contribution in [-0.4, -0.2) is 61.1 Å². The molecule has 3 rings (SSSR count). The minimum absolute atomic E-state index is 0.0168. The first-order valence-electron chi connectivity index (χ1n) is 8.94. The Kier molecular flexibility index (Phi) is 6.36. The summed E-state index contributed by atoms with van der Waals surface area (Å²) in [5, 5.41) is 49.1. The second-order valence-electron chi connectivity index (χ2n) is 6.97. The number of hydrogen-bond acceptors (Lipinski definition) is 8. The van der Waals surface area contributed by atoms with Crippen molar-refractivity contribution in [3.05, 3.63) is 53.1 Å². The van der Waals surface area contributed by atoms with Gasteiger partial charge in [0.25, 0.3) is 0 Å². The van der Waals surface area contributed by atoms with Gasteiger partial charge in [-0.15, -0.1) is 11.8 Å². The molecule has 7 nitrogen and oxygen atoms in total. The fourth-order valence-electron chi connectivity index (χ4n) is 3.23. The quantitative estimate of drug-likeness (QED) is 0.400. The molecule has 0 spiro atoms. The predicted octanol–water partition coefficient (Wildman–Crippen LogP) is 0.769. The standard InChI is InChI=1S/C20H25NO6S/c1-10-6-13(23)8-15(14(10)7-11-2-4-12(21)5-3-11)27-20-19(26)18(25)17(24)16(9-22)28-20/h2-6,8,16-20,22-26H,7,9,21H2,1H3/t16-,17-,18+,19-,20-/m1/s1. The number of aliphatic hydroxyl groups excluding tert-OH is 4. The largest absolute Gasteiger partial charge is 0.508 e. The van der Waals surface area contributed by atoms with E-state index in [2.05, 4.69) is 0 Å². The van der Waals surface area contributed by atoms with Gasteiger partial charge in [0, 0.05) is 23.7 Å². The molecule has 0 aliphatic carbocycles. The number of ether oxygens (including phenoxy) is 1. The lowest BCUT2D eigenvalue weighted by Crippen LogP contribution is -2.55. The van der Waals surface area contributed by atoms with Gasteiger partial charge in [0.2, 0.25) is 0 Å². The predicted molar refractivity (Wildman–Crippen MR) is 107 cm³/mol. The van der Waals surface area contributed by atoms with Gasteiger partial charge in [-0.2, -0.15) is 0 Å². The van der Waals surface area contributed by atoms with Crippen LogP contribution in [0.2, 0.25) is 0 Å². The average Bonchev–Trinajstić information content (AvgIpc) is 2.66. The van der Waals surface area contributed by atoms with E-state index in [1.165, 1.54) is 6.07 Å². The zero-order valence-electron chi connectivity index (χ0n) is 15.4. The summed E-state index contributed by atoms with van der Waals surface area (Å²) < 4.78 is 5.95. The van der Waals surface area contributed by atoms with Crippen molar-refractivity contribution in [3.8, 4) is 11.5 Å². The van der Waals surface area contributed by atoms with Crippen LogP contribution in [-0.2, 0) is 6.42 Å². The van der Waals surface area contributed by atoms with Gasteiger partial charge in [-0.25, -0.2) is 0 Å². The van der Waals surface area contributed by atoms with E-state index in [1.54, 1.807) is 18.2 Å². The van der Waals surface area contributed by atoms with Crippen molar-refractivity contribution < 1.29 is 30.3 Å². The number of phenolic OH excluding ortho intramolecular Hbond substituents is 1. The third-order valence-electron chi connectivity index (χ3n) is 4.87. The number of nitrogens with two attached hydrogens (primary N) is 1. The molecule has 0 aromatic heterocycles. The Morgan fingerprint density at radius 2 is 1.71 bits per heavy atom. The van der Waals surface area contributed by atoms with Crippen molar-refractivity contribution in [2.75, 3.05) is 12.3 Å². The minimum Gasteiger partial charge on any atom is -0.508 e. The van der Waals surface area contributed by atoms with Crippen LogP contribution in [0.5, 0.6) is 11.5 Å². The van der Waals surface area contributed by atoms with Crippen molar-refractivity contribution in [2.24, 2.45) is 0 Å². The molecule has 0 amide bonds. The number of hydrogen-bond donors (Lipinski definition) is 6. The first-order valence-corrected chi connectivity index (χ1v) is 9.88. The van der Waals surface area contributed by atoms with Crippen LogP contribution in [0, 0.1) is 6.92 Å². The zero-order chi connectivity index (χ0) is 20.4. The van der Waals surface area contributed by atoms with Gasteiger partial charge in [0.1, 0.15) is 23.7 Å². The Bertz CT molecular complexity index is 813. The Morgan fingerprint density at radius 3 is 2.36 bits per heavy atom. The number of phenols is 1. The monoisotopic (exact) mass is 407 g/mol. The highest BCUT2D eigenvalue weighted by Crippen LogP contribution is 2.37. The molecular weight excluding hydrogens is 382 g/mol. The highest BCUT2D eigenvalue weighted by Gasteiger charge is 2.44. The molecule has 2 aromatic rings. The molecule has 0 unspecified atom stereocenters. The van der Waals surface area contributed by atoms with Gasteiger partial charge >= 0.3 is 0 Å². The third-order valence-corrected chi connectivity index (χ3v) is 6.29. The summed E-state index contributed by atoms with van der Waals surface area (Å²) in [5.41, 5.74) is 8.10. The molecule has 152 valence electrons. The summed E-state index contributed by atoms with van der Waals surface area (Å²) in [5.74, 6) is 0.384. The van der Waals surface area contributed by atoms with Gasteiger partial charge in [-0.1, -0.05) is 12.1 Å². The van der Waals surface area contributed by atoms with Crippen LogP contribution in [0.3, 0.4) is 0 Å². The molecule has 1 fully saturated rings. The molecule has 28 heavy (non-hydrogen) atoms. The molecule has 2 aromatic carbocycles. The van der Waals surface area contributed by atoms with E-state index in [9.17, 15) is 25.5 Å². The Morgan fingerprint density at radius 1 is 1.04 bits per heavy atom. The maximum atomic E-state index is 10.3. The normalized spacial score (nSPS) is 27.5. The molecule has 1 saturated heterocycles. The third kappa shape index (κ3) is 4.37. The van der Waals surface area contributed by atoms with Crippen molar-refractivity contribution in [1.29, 1.82) is 0 Å². The summed E-state index contributed by atoms with van der Waals surface area (Å²) in [6.45, 7) is 1.48. The lowest BCUT2D eigenvalue weighted by atomic mass is 9.99. The molecule has 0 saturated carbocycles. The van der Waals surface area contributed by atoms with Crippen molar-refractivity contribution in [2.45, 2.75) is 42.3 Å². The van der Waals surface area contributed by atoms with E-state index in [0.29, 0.717) is 17.9 Å². The number of aromatic hydroxyl groups is 1. The molecule has 5 atom stereocenters. The lowest BCUT2D eigenvalue weighted by molar-refractivity contribution is -0.0910. The summed E-state index contributed by atoms with van der Waals surface area (Å²) >= 11 is 1.04. The van der Waals surface area contributed by atoms with Crippen molar-refractivity contribution in [1.82, 2.24) is 0 Å². The van der Waals surface area contributed by atoms with E-state index < -0.39 is 29.0 Å². The minimum atomic E-state index is -1.44. The molecule has 8 heteroatoms. The first kappa shape index (κ1) is 20.8. The maximum Gasteiger partial charge on any atom is 0.173 e. The van der Waals surface area contributed by atoms with E-state index in [0.717, 1.165) is 28.5 Å². The fourth-order valence-corrected chi connectivity index (χ4v) is 4.46. The summed E-state index contributed by atoms with van der Waals surface area (Å²) in [6, 6.07) is 10.5. The van der Waals surface area contributed by atoms with Crippen LogP contribution in [0.1, 0.15) is 16.7 Å². The maximum absolute atomic E-state index is 10.3. The van der Waals surface area contributed by atoms with Gasteiger partial charge in [0.05, 0.1) is 18.0 Å². The summed E-state index contributed by atoms with van der Waals surface area (Å²) in [4.78, 5) is 0. The number of aliphatic hydroxyl groups is 4. The Labute approximate surface area is 167 Å². The zero-order valence-corrected chi connectivity index (χ0v) is 16.2. The van der Waals surface area contributed by atoms with E-state index in [-0.39, 0.29) is 12.4 Å². The molecule has 0 radical (unpaired) electrons. The second-order valence-corrected chi connectivity index (χ2v) is 8.32. The number of anilines is 1. The van der Waals surface area contributed by atoms with Crippen molar-refractivity contribution >= 4 is 17.4 Å². The molecular formula is C20H25NO6S. The first-order chi connectivity index (χ1) is 13.3. The topological polar surface area (TPSA) is 136 Å². The lowest BCUT2D eigenvalue weighted by Gasteiger charge is -2.39. The molecule has 1 aliphatic heterocycles. The van der Waals surface area contributed by atoms with Gasteiger partial charge < -0.3 is 36.0 Å². The van der Waals surface area contributed by atoms with Crippen LogP contribution >= 0.6 is 11.8 Å². The molecule has 1 aliphatic rings. The summed E-state index contributed by atoms with van der Waals surface area (Å²) in [6.07, 6.45) is -3.54. The highest BCUT2D eigenvalue weighted by atomic mass is 32.2. The highest BCUT2D eigenvalue weighted by molar-refractivity contribution is 8.00. The molecule has 7 N–H and O–H groups in total. The number of rotatable bonds is 5. The van der Waals surface area contributed by atoms with Crippen LogP contribution in [0.4, 0.5) is 5.69 Å². The van der Waals surface area contributed by atoms with Gasteiger partial charge in [-0.3, -0.25) is 0 Å². The average molecular weight is 407 g/mol. The number of benzene rings is 2. The summed E-state index contributed by atoms with van der Waals surface area (Å²) in [7, 11) is 0. The fraction of sp³-hybridized carbons (Fsp3) is 0.400. The second kappa shape index (κ2) is 8.59. The smallest absolute Gasteiger partial charge is 0.173 e. The number of aryl methyl sites for hydroxylation is 1. The molecule has 0 bridgehead atoms. The number of nitrogen functional groups attached to an aromatic ring is 1. The Balaban J connectivity index is 1.89. The Hall–Kier alpha value is -1.97. The van der Waals surface area contributed by atoms with E-state index >= 15 is 0 Å². The van der Waals surface area contributed by atoms with Crippen LogP contribution in [0.25, 0.3) is 0 Å². The van der Waals surface area contributed by atoms with Crippen molar-refractivity contribution in [3.63, 3.8) is 0 Å².